The second kappa shape index (κ2) is 44.0. The Balaban J connectivity index is -0.00000000333. The van der Waals surface area contributed by atoms with Crippen molar-refractivity contribution < 1.29 is 63.1 Å². The van der Waals surface area contributed by atoms with Crippen LogP contribution in [0.1, 0.15) is 0 Å². The van der Waals surface area contributed by atoms with E-state index in [2.05, 4.69) is 13.1 Å². The van der Waals surface area contributed by atoms with Gasteiger partial charge in [-0.05, 0) is 0 Å². The van der Waals surface area contributed by atoms with E-state index in [0.717, 1.165) is 9.52 Å². The van der Waals surface area contributed by atoms with Crippen LogP contribution in [0.15, 0.2) is 0 Å². The molecule has 0 unspecified atom stereocenters. The number of hydrogen-bond donors (Lipinski definition) is 0. The third-order valence-corrected chi connectivity index (χ3v) is 0. The minimum absolute atomic E-state index is 0. The van der Waals surface area contributed by atoms with Crippen LogP contribution < -0.4 is 37.2 Å². The molecule has 47 valence electrons. The first-order valence-corrected chi connectivity index (χ1v) is 3.46. The van der Waals surface area contributed by atoms with E-state index < -0.39 is 0 Å². The topological polar surface area (TPSA) is 0 Å². The quantitative estimate of drug-likeness (QED) is 0.383. The molecule has 7 heavy (non-hydrogen) atoms. The Labute approximate surface area is 85.0 Å². The number of halogens is 3. The van der Waals surface area contributed by atoms with Crippen LogP contribution in [0.25, 0.3) is 0 Å². The number of hydrogen-bond acceptors (Lipinski definition) is 0. The second-order valence-electron chi connectivity index (χ2n) is 0.577. The Bertz CT molecular complexity index is 12.9. The molecule has 0 aromatic rings. The van der Waals surface area contributed by atoms with E-state index >= 15 is 0 Å². The van der Waals surface area contributed by atoms with Crippen LogP contribution in [-0.2, 0) is 25.8 Å². The Morgan fingerprint density at radius 3 is 0.857 bits per heavy atom. The second-order valence-corrected chi connectivity index (χ2v) is 1.73. The van der Waals surface area contributed by atoms with E-state index in [-0.39, 0.29) is 63.1 Å². The molecule has 0 saturated heterocycles. The summed E-state index contributed by atoms with van der Waals surface area (Å²) in [4.78, 5) is 0. The van der Waals surface area contributed by atoms with E-state index in [4.69, 9.17) is 0 Å². The van der Waals surface area contributed by atoms with Gasteiger partial charge in [0, 0.05) is 35.4 Å². The molecule has 0 N–H and O–H groups in total. The van der Waals surface area contributed by atoms with E-state index in [1.54, 1.807) is 0 Å². The van der Waals surface area contributed by atoms with Gasteiger partial charge in [0.15, 0.2) is 0 Å². The van der Waals surface area contributed by atoms with Crippen LogP contribution in [0.5, 0.6) is 0 Å². The van der Waals surface area contributed by atoms with Crippen molar-refractivity contribution in [3.05, 3.63) is 0 Å². The maximum atomic E-state index is 2.21. The molecule has 0 saturated carbocycles. The molecule has 0 heterocycles. The molecule has 5 heteroatoms. The molecule has 0 aromatic heterocycles. The van der Waals surface area contributed by atoms with Crippen molar-refractivity contribution in [3.63, 3.8) is 0 Å². The van der Waals surface area contributed by atoms with Crippen LogP contribution in [-0.4, -0.2) is 9.52 Å². The fraction of sp³-hybridized carbons (Fsp3) is 1.00. The van der Waals surface area contributed by atoms with Crippen LogP contribution in [0.2, 0.25) is 13.1 Å². The van der Waals surface area contributed by atoms with Gasteiger partial charge in [0.25, 0.3) is 0 Å². The molecule has 0 aromatic carbocycles. The average Bonchev–Trinajstić information content (AvgIpc) is 0.918. The first-order chi connectivity index (χ1) is 1.41. The summed E-state index contributed by atoms with van der Waals surface area (Å²) >= 11 is 0. The standard InChI is InChI=1S/C2H7Si.3ClH.Hf/c1-3-2;;;;/h3H,1-2H3;3*1H;/p-3. The molecular formula is C2H7Cl3HfSi-3. The molecule has 0 aliphatic carbocycles. The summed E-state index contributed by atoms with van der Waals surface area (Å²) in [7, 11) is 0.750. The Morgan fingerprint density at radius 2 is 0.857 bits per heavy atom. The minimum atomic E-state index is 0. The molecule has 0 fully saturated rings. The van der Waals surface area contributed by atoms with E-state index in [1.807, 2.05) is 0 Å². The molecule has 0 aliphatic rings. The van der Waals surface area contributed by atoms with Gasteiger partial charge in [-0.3, -0.25) is 0 Å². The van der Waals surface area contributed by atoms with Gasteiger partial charge in [0.1, 0.15) is 0 Å². The summed E-state index contributed by atoms with van der Waals surface area (Å²) in [6, 6.07) is 0. The molecule has 0 amide bonds. The van der Waals surface area contributed by atoms with Crippen molar-refractivity contribution >= 4 is 9.52 Å². The van der Waals surface area contributed by atoms with Crippen LogP contribution >= 0.6 is 0 Å². The normalized spacial score (nSPS) is 2.57. The zero-order chi connectivity index (χ0) is 2.71. The van der Waals surface area contributed by atoms with Gasteiger partial charge in [0.05, 0.1) is 0 Å². The van der Waals surface area contributed by atoms with Crippen LogP contribution in [0.4, 0.5) is 0 Å². The maximum absolute atomic E-state index is 2.21. The summed E-state index contributed by atoms with van der Waals surface area (Å²) in [6.45, 7) is 4.42. The van der Waals surface area contributed by atoms with E-state index in [1.165, 1.54) is 0 Å². The van der Waals surface area contributed by atoms with Crippen LogP contribution in [0, 0.1) is 0 Å². The molecule has 0 atom stereocenters. The van der Waals surface area contributed by atoms with Crippen molar-refractivity contribution in [2.45, 2.75) is 13.1 Å². The molecule has 0 aliphatic heterocycles. The molecule has 0 spiro atoms. The van der Waals surface area contributed by atoms with E-state index in [0.29, 0.717) is 0 Å². The van der Waals surface area contributed by atoms with Crippen molar-refractivity contribution in [1.29, 1.82) is 0 Å². The molecule has 1 radical (unpaired) electrons. The molecule has 0 rings (SSSR count). The van der Waals surface area contributed by atoms with Gasteiger partial charge in [-0.25, -0.2) is 0 Å². The summed E-state index contributed by atoms with van der Waals surface area (Å²) in [5, 5.41) is 0. The number of rotatable bonds is 0. The largest absolute Gasteiger partial charge is 1.00 e. The zero-order valence-electron chi connectivity index (χ0n) is 4.21. The van der Waals surface area contributed by atoms with Gasteiger partial charge in [-0.1, -0.05) is 13.1 Å². The Morgan fingerprint density at radius 1 is 0.857 bits per heavy atom. The zero-order valence-corrected chi connectivity index (χ0v) is 11.2. The van der Waals surface area contributed by atoms with Gasteiger partial charge in [-0.2, -0.15) is 0 Å². The van der Waals surface area contributed by atoms with Gasteiger partial charge < -0.3 is 37.2 Å². The average molecular weight is 344 g/mol. The molecule has 0 nitrogen and oxygen atoms in total. The predicted molar refractivity (Wildman–Crippen MR) is 18.9 cm³/mol. The maximum Gasteiger partial charge on any atom is 0.0213 e. The first kappa shape index (κ1) is 36.2. The first-order valence-electron chi connectivity index (χ1n) is 1.15. The summed E-state index contributed by atoms with van der Waals surface area (Å²) in [5.41, 5.74) is 0. The molecule has 0 bridgehead atoms. The van der Waals surface area contributed by atoms with E-state index in [9.17, 15) is 0 Å². The van der Waals surface area contributed by atoms with Crippen molar-refractivity contribution in [2.75, 3.05) is 0 Å². The fourth-order valence-electron chi connectivity index (χ4n) is 0. The Kier molecular flexibility index (Phi) is 228. The van der Waals surface area contributed by atoms with Gasteiger partial charge in [0.2, 0.25) is 0 Å². The monoisotopic (exact) mass is 344 g/mol. The Hall–Kier alpha value is 1.96. The van der Waals surface area contributed by atoms with Crippen LogP contribution in [0.3, 0.4) is 0 Å². The third-order valence-electron chi connectivity index (χ3n) is 0. The fourth-order valence-corrected chi connectivity index (χ4v) is 0. The predicted octanol–water partition coefficient (Wildman–Crippen LogP) is -8.47. The van der Waals surface area contributed by atoms with Gasteiger partial charge in [-0.15, -0.1) is 0 Å². The summed E-state index contributed by atoms with van der Waals surface area (Å²) in [5.74, 6) is 0. The van der Waals surface area contributed by atoms with Crippen molar-refractivity contribution in [1.82, 2.24) is 0 Å². The SMILES string of the molecule is C[SiH]C.[Cl-].[Cl-].[Cl-].[Hf]. The van der Waals surface area contributed by atoms with Crippen molar-refractivity contribution in [2.24, 2.45) is 0 Å². The smallest absolute Gasteiger partial charge is 0.0213 e. The summed E-state index contributed by atoms with van der Waals surface area (Å²) < 4.78 is 0. The summed E-state index contributed by atoms with van der Waals surface area (Å²) in [6.07, 6.45) is 0. The van der Waals surface area contributed by atoms with Gasteiger partial charge >= 0.3 is 0 Å². The van der Waals surface area contributed by atoms with Crippen molar-refractivity contribution in [3.8, 4) is 0 Å². The third kappa shape index (κ3) is 73.7. The molecular weight excluding hydrogens is 337 g/mol. The minimum Gasteiger partial charge on any atom is -1.00 e.